The number of hydrogen-bond donors (Lipinski definition) is 1. The molecule has 0 aliphatic rings. The molecule has 0 bridgehead atoms. The maximum Gasteiger partial charge on any atom is 0.361 e. The van der Waals surface area contributed by atoms with Crippen LogP contribution in [0.5, 0.6) is 0 Å². The fraction of sp³-hybridized carbons (Fsp3) is 0.897. The van der Waals surface area contributed by atoms with E-state index in [-0.39, 0.29) is 38.2 Å². The molecule has 0 aromatic carbocycles. The fourth-order valence-electron chi connectivity index (χ4n) is 10.0. The molecule has 0 aromatic rings. The number of unbranched alkanes of at least 4 members (excludes halogenated alkanes) is 44. The number of quaternary nitrogens is 1. The Balaban J connectivity index is 4.00. The van der Waals surface area contributed by atoms with Crippen LogP contribution in [0.25, 0.3) is 0 Å². The van der Waals surface area contributed by atoms with Crippen molar-refractivity contribution in [3.63, 3.8) is 0 Å². The number of aliphatic carboxylic acids is 1. The normalized spacial score (nSPS) is 12.8. The number of ether oxygens (including phenoxy) is 4. The number of likely N-dealkylation sites (N-methyl/N-ethyl adjacent to an activating group) is 1. The highest BCUT2D eigenvalue weighted by Crippen LogP contribution is 2.18. The lowest BCUT2D eigenvalue weighted by Gasteiger charge is -2.25. The second-order valence-electron chi connectivity index (χ2n) is 24.1. The number of carbonyl (C=O) groups excluding carboxylic acids is 2. The molecule has 0 spiro atoms. The van der Waals surface area contributed by atoms with Crippen LogP contribution in [0.3, 0.4) is 0 Å². The van der Waals surface area contributed by atoms with Gasteiger partial charge in [0, 0.05) is 12.8 Å². The highest BCUT2D eigenvalue weighted by atomic mass is 16.7. The van der Waals surface area contributed by atoms with Gasteiger partial charge < -0.3 is 28.5 Å². The van der Waals surface area contributed by atoms with Crippen LogP contribution in [0.4, 0.5) is 0 Å². The van der Waals surface area contributed by atoms with E-state index >= 15 is 0 Å². The quantitative estimate of drug-likeness (QED) is 0.0211. The summed E-state index contributed by atoms with van der Waals surface area (Å²) in [4.78, 5) is 37.5. The number of carboxylic acids is 1. The third-order valence-electron chi connectivity index (χ3n) is 15.2. The minimum Gasteiger partial charge on any atom is -0.477 e. The molecule has 0 aliphatic heterocycles. The molecule has 0 aliphatic carbocycles. The summed E-state index contributed by atoms with van der Waals surface area (Å²) >= 11 is 0. The van der Waals surface area contributed by atoms with Crippen molar-refractivity contribution in [2.75, 3.05) is 47.5 Å². The molecular weight excluding hydrogens is 959 g/mol. The number of allylic oxidation sites excluding steroid dienone is 4. The number of carboxylic acid groups (broad SMARTS) is 1. The van der Waals surface area contributed by atoms with Gasteiger partial charge in [-0.2, -0.15) is 0 Å². The van der Waals surface area contributed by atoms with E-state index in [9.17, 15) is 19.5 Å². The predicted molar refractivity (Wildman–Crippen MR) is 328 cm³/mol. The van der Waals surface area contributed by atoms with E-state index in [1.165, 1.54) is 263 Å². The maximum absolute atomic E-state index is 12.9. The Labute approximate surface area is 478 Å². The van der Waals surface area contributed by atoms with Crippen molar-refractivity contribution >= 4 is 17.9 Å². The number of esters is 2. The molecule has 0 saturated carbocycles. The summed E-state index contributed by atoms with van der Waals surface area (Å²) < 4.78 is 23.0. The largest absolute Gasteiger partial charge is 0.477 e. The second kappa shape index (κ2) is 59.9. The van der Waals surface area contributed by atoms with Crippen molar-refractivity contribution in [3.05, 3.63) is 24.3 Å². The lowest BCUT2D eigenvalue weighted by molar-refractivity contribution is -0.870. The molecule has 9 nitrogen and oxygen atoms in total. The summed E-state index contributed by atoms with van der Waals surface area (Å²) in [5.74, 6) is -1.97. The molecule has 1 N–H and O–H groups in total. The Hall–Kier alpha value is -2.23. The Kier molecular flexibility index (Phi) is 58.1. The van der Waals surface area contributed by atoms with Gasteiger partial charge in [0.2, 0.25) is 0 Å². The van der Waals surface area contributed by atoms with Crippen LogP contribution in [0.15, 0.2) is 24.3 Å². The van der Waals surface area contributed by atoms with Crippen LogP contribution < -0.4 is 0 Å². The topological polar surface area (TPSA) is 108 Å². The van der Waals surface area contributed by atoms with Crippen LogP contribution >= 0.6 is 0 Å². The first-order valence-corrected chi connectivity index (χ1v) is 33.5. The number of hydrogen-bond acceptors (Lipinski definition) is 7. The number of carbonyl (C=O) groups is 3. The molecule has 0 aromatic heterocycles. The highest BCUT2D eigenvalue weighted by molar-refractivity contribution is 5.71. The van der Waals surface area contributed by atoms with E-state index < -0.39 is 18.4 Å². The van der Waals surface area contributed by atoms with Gasteiger partial charge in [0.25, 0.3) is 6.29 Å². The molecule has 2 unspecified atom stereocenters. The molecule has 0 fully saturated rings. The van der Waals surface area contributed by atoms with Crippen LogP contribution in [0.2, 0.25) is 0 Å². The lowest BCUT2D eigenvalue weighted by Crippen LogP contribution is -2.40. The summed E-state index contributed by atoms with van der Waals surface area (Å²) in [5, 5.41) is 9.72. The van der Waals surface area contributed by atoms with Gasteiger partial charge >= 0.3 is 17.9 Å². The van der Waals surface area contributed by atoms with Gasteiger partial charge in [-0.05, 0) is 44.9 Å². The van der Waals surface area contributed by atoms with E-state index in [0.717, 1.165) is 44.9 Å². The average Bonchev–Trinajstić information content (AvgIpc) is 3.40. The third kappa shape index (κ3) is 61.2. The molecule has 77 heavy (non-hydrogen) atoms. The van der Waals surface area contributed by atoms with E-state index in [1.54, 1.807) is 0 Å². The van der Waals surface area contributed by atoms with Crippen molar-refractivity contribution in [1.29, 1.82) is 0 Å². The SMILES string of the molecule is CCCCCCC/C=C\C/C=C\CCCCCCCCCCCCCCCCCCCCCCCCCC(=O)OC(COC(=O)CCCCCCCCCCCCCCCCCCC)COC(OCC[N+](C)(C)C)C(=O)O. The summed E-state index contributed by atoms with van der Waals surface area (Å²) in [6.07, 6.45) is 70.1. The average molecular weight is 1090 g/mol. The Bertz CT molecular complexity index is 1310. The van der Waals surface area contributed by atoms with E-state index in [2.05, 4.69) is 38.2 Å². The summed E-state index contributed by atoms with van der Waals surface area (Å²) in [5.41, 5.74) is 0. The highest BCUT2D eigenvalue weighted by Gasteiger charge is 2.25. The van der Waals surface area contributed by atoms with Gasteiger partial charge in [-0.25, -0.2) is 4.79 Å². The summed E-state index contributed by atoms with van der Waals surface area (Å²) in [6.45, 7) is 4.93. The summed E-state index contributed by atoms with van der Waals surface area (Å²) in [7, 11) is 5.99. The van der Waals surface area contributed by atoms with Crippen LogP contribution in [0.1, 0.15) is 335 Å². The first-order chi connectivity index (χ1) is 37.6. The first-order valence-electron chi connectivity index (χ1n) is 33.5. The molecule has 454 valence electrons. The lowest BCUT2D eigenvalue weighted by atomic mass is 10.0. The van der Waals surface area contributed by atoms with Crippen LogP contribution in [0, 0.1) is 0 Å². The van der Waals surface area contributed by atoms with Crippen LogP contribution in [-0.4, -0.2) is 87.4 Å². The molecule has 2 atom stereocenters. The number of nitrogens with zero attached hydrogens (tertiary/aromatic N) is 1. The molecule has 0 rings (SSSR count). The van der Waals surface area contributed by atoms with Gasteiger partial charge in [-0.15, -0.1) is 0 Å². The van der Waals surface area contributed by atoms with Crippen molar-refractivity contribution in [1.82, 2.24) is 0 Å². The fourth-order valence-corrected chi connectivity index (χ4v) is 10.0. The molecule has 0 amide bonds. The Morgan fingerprint density at radius 1 is 0.390 bits per heavy atom. The Morgan fingerprint density at radius 3 is 1.03 bits per heavy atom. The van der Waals surface area contributed by atoms with Crippen LogP contribution in [-0.2, 0) is 33.3 Å². The van der Waals surface area contributed by atoms with E-state index in [1.807, 2.05) is 21.1 Å². The minimum absolute atomic E-state index is 0.174. The zero-order valence-electron chi connectivity index (χ0n) is 51.9. The molecular formula is C68H130NO8+. The molecule has 0 saturated heterocycles. The van der Waals surface area contributed by atoms with Crippen molar-refractivity contribution in [3.8, 4) is 0 Å². The zero-order valence-corrected chi connectivity index (χ0v) is 51.9. The Morgan fingerprint density at radius 2 is 0.701 bits per heavy atom. The van der Waals surface area contributed by atoms with Gasteiger partial charge in [-0.3, -0.25) is 9.59 Å². The maximum atomic E-state index is 12.9. The zero-order chi connectivity index (χ0) is 56.2. The minimum atomic E-state index is -1.51. The van der Waals surface area contributed by atoms with Crippen molar-refractivity contribution in [2.45, 2.75) is 347 Å². The predicted octanol–water partition coefficient (Wildman–Crippen LogP) is 20.2. The van der Waals surface area contributed by atoms with Crippen molar-refractivity contribution in [2.24, 2.45) is 0 Å². The van der Waals surface area contributed by atoms with E-state index in [0.29, 0.717) is 17.4 Å². The third-order valence-corrected chi connectivity index (χ3v) is 15.2. The monoisotopic (exact) mass is 1090 g/mol. The van der Waals surface area contributed by atoms with Gasteiger partial charge in [0.05, 0.1) is 34.4 Å². The van der Waals surface area contributed by atoms with Crippen molar-refractivity contribution < 1.29 is 42.9 Å². The number of rotatable bonds is 63. The first kappa shape index (κ1) is 74.8. The van der Waals surface area contributed by atoms with Gasteiger partial charge in [0.15, 0.2) is 6.10 Å². The molecule has 9 heteroatoms. The molecule has 0 heterocycles. The molecule has 0 radical (unpaired) electrons. The summed E-state index contributed by atoms with van der Waals surface area (Å²) in [6, 6.07) is 0. The standard InChI is InChI=1S/C68H129NO8/c1-6-8-10-12-14-16-18-20-22-24-25-26-27-28-29-30-31-32-33-34-35-36-37-38-39-40-41-43-45-47-49-51-53-55-57-59-66(71)77-64(63-76-68(67(72)73)74-61-60-69(3,4)5)62-75-65(70)58-56-54-52-50-48-46-44-42-23-21-19-17-15-13-11-9-7-2/h18,20,24-25,64,68H,6-17,19,21-23,26-63H2,1-5H3/p+1/b20-18-,25-24-. The van der Waals surface area contributed by atoms with E-state index in [4.69, 9.17) is 18.9 Å². The van der Waals surface area contributed by atoms with Gasteiger partial charge in [-0.1, -0.05) is 301 Å². The smallest absolute Gasteiger partial charge is 0.361 e. The van der Waals surface area contributed by atoms with Gasteiger partial charge in [0.1, 0.15) is 13.2 Å². The second-order valence-corrected chi connectivity index (χ2v) is 24.1.